The molecule has 33 heavy (non-hydrogen) atoms. The maximum atomic E-state index is 13.5. The summed E-state index contributed by atoms with van der Waals surface area (Å²) in [6.07, 6.45) is 1.81. The second kappa shape index (κ2) is 9.83. The zero-order valence-electron chi connectivity index (χ0n) is 18.8. The number of thiocarbonyl (C=S) groups is 1. The molecule has 5 nitrogen and oxygen atoms in total. The van der Waals surface area contributed by atoms with Crippen LogP contribution in [0, 0.1) is 5.92 Å². The van der Waals surface area contributed by atoms with E-state index >= 15 is 0 Å². The Labute approximate surface area is 198 Å². The molecule has 2 aliphatic rings. The Morgan fingerprint density at radius 3 is 2.55 bits per heavy atom. The second-order valence-corrected chi connectivity index (χ2v) is 9.70. The van der Waals surface area contributed by atoms with Crippen molar-refractivity contribution in [2.45, 2.75) is 57.0 Å². The van der Waals surface area contributed by atoms with Gasteiger partial charge in [-0.15, -0.1) is 0 Å². The fourth-order valence-electron chi connectivity index (χ4n) is 5.00. The van der Waals surface area contributed by atoms with Crippen LogP contribution in [0.4, 0.5) is 24.9 Å². The van der Waals surface area contributed by atoms with E-state index in [0.717, 1.165) is 44.6 Å². The van der Waals surface area contributed by atoms with Crippen molar-refractivity contribution < 1.29 is 13.2 Å². The molecule has 0 amide bonds. The molecule has 2 fully saturated rings. The van der Waals surface area contributed by atoms with Gasteiger partial charge in [-0.25, -0.2) is 4.98 Å². The van der Waals surface area contributed by atoms with Gasteiger partial charge in [0.2, 0.25) is 5.95 Å². The Morgan fingerprint density at radius 2 is 1.88 bits per heavy atom. The van der Waals surface area contributed by atoms with Crippen molar-refractivity contribution in [3.63, 3.8) is 0 Å². The van der Waals surface area contributed by atoms with Crippen molar-refractivity contribution in [3.05, 3.63) is 47.7 Å². The first-order chi connectivity index (χ1) is 15.7. The highest BCUT2D eigenvalue weighted by Gasteiger charge is 2.36. The highest BCUT2D eigenvalue weighted by molar-refractivity contribution is 7.80. The van der Waals surface area contributed by atoms with Crippen molar-refractivity contribution in [1.82, 2.24) is 15.3 Å². The van der Waals surface area contributed by atoms with Gasteiger partial charge in [0, 0.05) is 31.1 Å². The number of piperidine rings is 1. The van der Waals surface area contributed by atoms with Gasteiger partial charge in [0.25, 0.3) is 0 Å². The fraction of sp³-hybridized carbons (Fsp3) is 0.542. The van der Waals surface area contributed by atoms with Gasteiger partial charge in [0.1, 0.15) is 5.82 Å². The first-order valence-corrected chi connectivity index (χ1v) is 12.0. The number of alkyl halides is 3. The van der Waals surface area contributed by atoms with Gasteiger partial charge < -0.3 is 15.5 Å². The minimum absolute atomic E-state index is 0.0310. The third-order valence-electron chi connectivity index (χ3n) is 6.74. The number of benzene rings is 1. The van der Waals surface area contributed by atoms with E-state index in [2.05, 4.69) is 39.7 Å². The van der Waals surface area contributed by atoms with Gasteiger partial charge in [-0.05, 0) is 49.4 Å². The molecule has 1 aliphatic carbocycles. The fourth-order valence-corrected chi connectivity index (χ4v) is 5.16. The van der Waals surface area contributed by atoms with Gasteiger partial charge in [0.15, 0.2) is 10.8 Å². The van der Waals surface area contributed by atoms with Crippen LogP contribution in [0.1, 0.15) is 56.7 Å². The molecule has 0 bridgehead atoms. The molecule has 0 unspecified atom stereocenters. The van der Waals surface area contributed by atoms with Crippen molar-refractivity contribution >= 4 is 29.1 Å². The van der Waals surface area contributed by atoms with E-state index in [4.69, 9.17) is 12.2 Å². The Hall–Kier alpha value is -2.42. The maximum Gasteiger partial charge on any atom is 0.433 e. The van der Waals surface area contributed by atoms with E-state index in [-0.39, 0.29) is 22.3 Å². The van der Waals surface area contributed by atoms with Gasteiger partial charge in [-0.1, -0.05) is 50.1 Å². The number of hydrogen-bond acceptors (Lipinski definition) is 4. The lowest BCUT2D eigenvalue weighted by atomic mass is 9.79. The molecule has 2 heterocycles. The lowest BCUT2D eigenvalue weighted by Crippen LogP contribution is -2.41. The number of rotatable bonds is 5. The van der Waals surface area contributed by atoms with Crippen LogP contribution in [0.5, 0.6) is 0 Å². The van der Waals surface area contributed by atoms with Crippen LogP contribution < -0.4 is 15.5 Å². The van der Waals surface area contributed by atoms with Gasteiger partial charge in [0.05, 0.1) is 0 Å². The van der Waals surface area contributed by atoms with E-state index in [0.29, 0.717) is 25.6 Å². The predicted molar refractivity (Wildman–Crippen MR) is 128 cm³/mol. The normalized spacial score (nSPS) is 20.5. The van der Waals surface area contributed by atoms with E-state index in [1.165, 1.54) is 5.56 Å². The SMILES string of the molecule is C[C@H]1CCCN(c2cc(C(F)(F)F)nc(NC(=S)NCC3(c4ccccc4)CCCC3)n2)C1. The van der Waals surface area contributed by atoms with Crippen molar-refractivity contribution in [2.24, 2.45) is 5.92 Å². The van der Waals surface area contributed by atoms with Gasteiger partial charge >= 0.3 is 6.18 Å². The smallest absolute Gasteiger partial charge is 0.361 e. The topological polar surface area (TPSA) is 53.1 Å². The summed E-state index contributed by atoms with van der Waals surface area (Å²) in [5.41, 5.74) is 0.263. The molecule has 1 aromatic heterocycles. The van der Waals surface area contributed by atoms with E-state index in [9.17, 15) is 13.2 Å². The third kappa shape index (κ3) is 5.75. The molecular weight excluding hydrogens is 447 g/mol. The third-order valence-corrected chi connectivity index (χ3v) is 6.99. The molecule has 1 saturated heterocycles. The number of aromatic nitrogens is 2. The Balaban J connectivity index is 1.49. The first-order valence-electron chi connectivity index (χ1n) is 11.6. The Kier molecular flexibility index (Phi) is 7.07. The van der Waals surface area contributed by atoms with Crippen LogP contribution in [-0.4, -0.2) is 34.7 Å². The van der Waals surface area contributed by atoms with Crippen LogP contribution in [0.25, 0.3) is 0 Å². The average molecular weight is 478 g/mol. The van der Waals surface area contributed by atoms with Gasteiger partial charge in [-0.3, -0.25) is 0 Å². The van der Waals surface area contributed by atoms with Crippen LogP contribution in [0.15, 0.2) is 36.4 Å². The van der Waals surface area contributed by atoms with Crippen molar-refractivity contribution in [1.29, 1.82) is 0 Å². The van der Waals surface area contributed by atoms with Crippen LogP contribution >= 0.6 is 12.2 Å². The summed E-state index contributed by atoms with van der Waals surface area (Å²) in [5, 5.41) is 6.26. The summed E-state index contributed by atoms with van der Waals surface area (Å²) >= 11 is 5.43. The maximum absolute atomic E-state index is 13.5. The van der Waals surface area contributed by atoms with E-state index in [1.54, 1.807) is 0 Å². The zero-order valence-corrected chi connectivity index (χ0v) is 19.6. The number of anilines is 2. The molecule has 1 saturated carbocycles. The summed E-state index contributed by atoms with van der Waals surface area (Å²) in [5.74, 6) is 0.559. The number of nitrogens with zero attached hydrogens (tertiary/aromatic N) is 3. The van der Waals surface area contributed by atoms with Crippen LogP contribution in [0.2, 0.25) is 0 Å². The zero-order chi connectivity index (χ0) is 23.5. The first kappa shape index (κ1) is 23.7. The number of nitrogens with one attached hydrogen (secondary N) is 2. The van der Waals surface area contributed by atoms with Crippen LogP contribution in [0.3, 0.4) is 0 Å². The largest absolute Gasteiger partial charge is 0.433 e. The molecule has 1 atom stereocenters. The second-order valence-electron chi connectivity index (χ2n) is 9.29. The summed E-state index contributed by atoms with van der Waals surface area (Å²) < 4.78 is 40.6. The molecule has 2 N–H and O–H groups in total. The molecule has 1 aliphatic heterocycles. The summed E-state index contributed by atoms with van der Waals surface area (Å²) in [6, 6.07) is 11.4. The van der Waals surface area contributed by atoms with Crippen molar-refractivity contribution in [3.8, 4) is 0 Å². The molecule has 1 aromatic carbocycles. The van der Waals surface area contributed by atoms with Gasteiger partial charge in [-0.2, -0.15) is 18.2 Å². The quantitative estimate of drug-likeness (QED) is 0.553. The summed E-state index contributed by atoms with van der Waals surface area (Å²) in [7, 11) is 0. The Bertz CT molecular complexity index is 960. The average Bonchev–Trinajstić information content (AvgIpc) is 3.28. The minimum Gasteiger partial charge on any atom is -0.361 e. The lowest BCUT2D eigenvalue weighted by molar-refractivity contribution is -0.141. The Morgan fingerprint density at radius 1 is 1.15 bits per heavy atom. The molecule has 9 heteroatoms. The highest BCUT2D eigenvalue weighted by Crippen LogP contribution is 2.40. The van der Waals surface area contributed by atoms with Crippen molar-refractivity contribution in [2.75, 3.05) is 29.9 Å². The molecule has 178 valence electrons. The molecule has 4 rings (SSSR count). The van der Waals surface area contributed by atoms with Crippen LogP contribution in [-0.2, 0) is 11.6 Å². The molecule has 2 aromatic rings. The predicted octanol–water partition coefficient (Wildman–Crippen LogP) is 5.53. The monoisotopic (exact) mass is 477 g/mol. The van der Waals surface area contributed by atoms with E-state index < -0.39 is 11.9 Å². The standard InChI is InChI=1S/C24H30F3N5S/c1-17-8-7-13-32(15-17)20-14-19(24(25,26)27)29-21(30-20)31-22(33)28-16-23(11-5-6-12-23)18-9-3-2-4-10-18/h2-4,9-10,14,17H,5-8,11-13,15-16H2,1H3,(H2,28,29,30,31,33)/t17-/m0/s1. The molecular formula is C24H30F3N5S. The minimum atomic E-state index is -4.56. The number of halogens is 3. The highest BCUT2D eigenvalue weighted by atomic mass is 32.1. The molecule has 0 spiro atoms. The number of hydrogen-bond donors (Lipinski definition) is 2. The lowest BCUT2D eigenvalue weighted by Gasteiger charge is -2.32. The molecule has 0 radical (unpaired) electrons. The van der Waals surface area contributed by atoms with E-state index in [1.807, 2.05) is 23.1 Å². The summed E-state index contributed by atoms with van der Waals surface area (Å²) in [6.45, 7) is 4.07. The summed E-state index contributed by atoms with van der Waals surface area (Å²) in [4.78, 5) is 9.99.